The predicted octanol–water partition coefficient (Wildman–Crippen LogP) is 1.83. The van der Waals surface area contributed by atoms with Crippen LogP contribution in [0.3, 0.4) is 0 Å². The topological polar surface area (TPSA) is 80.9 Å². The van der Waals surface area contributed by atoms with Crippen LogP contribution in [0.5, 0.6) is 0 Å². The van der Waals surface area contributed by atoms with E-state index >= 15 is 0 Å². The summed E-state index contributed by atoms with van der Waals surface area (Å²) in [6, 6.07) is 7.56. The molecule has 1 aromatic carbocycles. The normalized spacial score (nSPS) is 22.5. The van der Waals surface area contributed by atoms with Gasteiger partial charge in [-0.25, -0.2) is 0 Å². The van der Waals surface area contributed by atoms with Gasteiger partial charge < -0.3 is 14.4 Å². The minimum absolute atomic E-state index is 0.0254. The molecule has 1 aromatic heterocycles. The van der Waals surface area contributed by atoms with E-state index in [4.69, 9.17) is 21.4 Å². The Kier molecular flexibility index (Phi) is 4.19. The smallest absolute Gasteiger partial charge is 0.316 e. The molecule has 1 aliphatic rings. The maximum absolute atomic E-state index is 12.3. The van der Waals surface area contributed by atoms with E-state index in [1.807, 2.05) is 42.1 Å². The maximum atomic E-state index is 12.3. The van der Waals surface area contributed by atoms with Crippen LogP contribution >= 0.6 is 11.6 Å². The first-order valence-electron chi connectivity index (χ1n) is 7.07. The number of ketones is 1. The summed E-state index contributed by atoms with van der Waals surface area (Å²) < 4.78 is 7.14. The van der Waals surface area contributed by atoms with Gasteiger partial charge in [-0.3, -0.25) is 14.6 Å². The highest BCUT2D eigenvalue weighted by molar-refractivity contribution is 6.46. The zero-order chi connectivity index (χ0) is 16.6. The van der Waals surface area contributed by atoms with Crippen LogP contribution in [0.25, 0.3) is 10.9 Å². The standard InChI is InChI=1S/C16H15ClN2O4/c1-19-5-4-9-6-10(2-3-12(9)19)14-13(17)15(20)11(16(21)22)7-23-8-18-14/h2-6,11,13H,7-8H2,1H3,(H,21,22). The second-order valence-electron chi connectivity index (χ2n) is 5.40. The van der Waals surface area contributed by atoms with E-state index < -0.39 is 23.0 Å². The van der Waals surface area contributed by atoms with E-state index in [0.717, 1.165) is 10.9 Å². The molecule has 1 aliphatic heterocycles. The average Bonchev–Trinajstić information content (AvgIpc) is 2.89. The molecule has 2 aromatic rings. The van der Waals surface area contributed by atoms with Crippen molar-refractivity contribution in [3.8, 4) is 0 Å². The van der Waals surface area contributed by atoms with Gasteiger partial charge in [-0.2, -0.15) is 0 Å². The van der Waals surface area contributed by atoms with Gasteiger partial charge in [0.1, 0.15) is 18.0 Å². The van der Waals surface area contributed by atoms with Crippen molar-refractivity contribution in [3.05, 3.63) is 36.0 Å². The summed E-state index contributed by atoms with van der Waals surface area (Å²) in [4.78, 5) is 27.7. The second kappa shape index (κ2) is 6.14. The Bertz CT molecular complexity index is 812. The summed E-state index contributed by atoms with van der Waals surface area (Å²) in [6.07, 6.45) is 1.93. The van der Waals surface area contributed by atoms with Gasteiger partial charge >= 0.3 is 5.97 Å². The molecule has 0 fully saturated rings. The van der Waals surface area contributed by atoms with Gasteiger partial charge in [-0.1, -0.05) is 6.07 Å². The Morgan fingerprint density at radius 3 is 2.96 bits per heavy atom. The fourth-order valence-electron chi connectivity index (χ4n) is 2.63. The van der Waals surface area contributed by atoms with Crippen LogP contribution in [-0.2, 0) is 21.4 Å². The summed E-state index contributed by atoms with van der Waals surface area (Å²) >= 11 is 6.24. The van der Waals surface area contributed by atoms with Gasteiger partial charge in [-0.05, 0) is 23.8 Å². The number of aromatic nitrogens is 1. The van der Waals surface area contributed by atoms with Gasteiger partial charge in [-0.15, -0.1) is 11.6 Å². The number of ether oxygens (including phenoxy) is 1. The van der Waals surface area contributed by atoms with Crippen LogP contribution in [0.4, 0.5) is 0 Å². The van der Waals surface area contributed by atoms with E-state index in [2.05, 4.69) is 4.99 Å². The summed E-state index contributed by atoms with van der Waals surface area (Å²) in [5, 5.41) is 9.02. The van der Waals surface area contributed by atoms with Crippen molar-refractivity contribution >= 4 is 40.0 Å². The quantitative estimate of drug-likeness (QED) is 0.671. The van der Waals surface area contributed by atoms with Crippen molar-refractivity contribution in [3.63, 3.8) is 0 Å². The van der Waals surface area contributed by atoms with E-state index in [-0.39, 0.29) is 13.3 Å². The van der Waals surface area contributed by atoms with Crippen molar-refractivity contribution in [1.29, 1.82) is 0 Å². The molecule has 0 aliphatic carbocycles. The fraction of sp³-hybridized carbons (Fsp3) is 0.312. The van der Waals surface area contributed by atoms with Gasteiger partial charge in [0.15, 0.2) is 5.78 Å². The van der Waals surface area contributed by atoms with Crippen molar-refractivity contribution in [2.45, 2.75) is 5.38 Å². The Morgan fingerprint density at radius 1 is 1.43 bits per heavy atom. The number of carboxylic acids is 1. The highest BCUT2D eigenvalue weighted by atomic mass is 35.5. The largest absolute Gasteiger partial charge is 0.481 e. The zero-order valence-electron chi connectivity index (χ0n) is 12.4. The monoisotopic (exact) mass is 334 g/mol. The molecular weight excluding hydrogens is 320 g/mol. The number of aliphatic carboxylic acids is 1. The summed E-state index contributed by atoms with van der Waals surface area (Å²) in [5.41, 5.74) is 2.07. The van der Waals surface area contributed by atoms with Crippen LogP contribution < -0.4 is 0 Å². The number of aliphatic imine (C=N–C) groups is 1. The second-order valence-corrected chi connectivity index (χ2v) is 5.84. The molecule has 6 nitrogen and oxygen atoms in total. The number of nitrogens with zero attached hydrogens (tertiary/aromatic N) is 2. The lowest BCUT2D eigenvalue weighted by atomic mass is 9.95. The third kappa shape index (κ3) is 2.87. The molecule has 0 radical (unpaired) electrons. The zero-order valence-corrected chi connectivity index (χ0v) is 13.2. The number of carboxylic acid groups (broad SMARTS) is 1. The lowest BCUT2D eigenvalue weighted by Gasteiger charge is -2.20. The number of fused-ring (bicyclic) bond motifs is 1. The molecule has 1 N–H and O–H groups in total. The first kappa shape index (κ1) is 15.7. The Balaban J connectivity index is 2.01. The van der Waals surface area contributed by atoms with Gasteiger partial charge in [0.2, 0.25) is 0 Å². The molecule has 0 spiro atoms. The Hall–Kier alpha value is -2.18. The first-order valence-corrected chi connectivity index (χ1v) is 7.51. The third-order valence-electron chi connectivity index (χ3n) is 3.92. The van der Waals surface area contributed by atoms with Crippen molar-refractivity contribution in [2.24, 2.45) is 18.0 Å². The lowest BCUT2D eigenvalue weighted by Crippen LogP contribution is -2.39. The SMILES string of the molecule is Cn1ccc2cc(C3=NCOCC(C(=O)O)C(=O)C3Cl)ccc21. The summed E-state index contributed by atoms with van der Waals surface area (Å²) in [6.45, 7) is -0.242. The number of carbonyl (C=O) groups is 2. The molecule has 2 unspecified atom stereocenters. The molecule has 0 saturated carbocycles. The number of aryl methyl sites for hydroxylation is 1. The molecule has 0 saturated heterocycles. The highest BCUT2D eigenvalue weighted by Crippen LogP contribution is 2.22. The van der Waals surface area contributed by atoms with Crippen LogP contribution in [0.2, 0.25) is 0 Å². The summed E-state index contributed by atoms with van der Waals surface area (Å²) in [7, 11) is 1.94. The number of Topliss-reactive ketones (excluding diaryl/α,β-unsaturated/α-hetero) is 1. The molecule has 3 rings (SSSR count). The van der Waals surface area contributed by atoms with E-state index in [1.165, 1.54) is 0 Å². The number of hydrogen-bond donors (Lipinski definition) is 1. The number of halogens is 1. The molecule has 7 heteroatoms. The average molecular weight is 335 g/mol. The lowest BCUT2D eigenvalue weighted by molar-refractivity contribution is -0.148. The van der Waals surface area contributed by atoms with Crippen LogP contribution in [-0.4, -0.2) is 45.9 Å². The molecule has 2 atom stereocenters. The number of rotatable bonds is 2. The Morgan fingerprint density at radius 2 is 2.22 bits per heavy atom. The van der Waals surface area contributed by atoms with Gasteiger partial charge in [0, 0.05) is 24.1 Å². The first-order chi connectivity index (χ1) is 11.0. The maximum Gasteiger partial charge on any atom is 0.316 e. The van der Waals surface area contributed by atoms with Crippen LogP contribution in [0.1, 0.15) is 5.56 Å². The Labute approximate surface area is 137 Å². The third-order valence-corrected chi connectivity index (χ3v) is 4.34. The predicted molar refractivity (Wildman–Crippen MR) is 86.0 cm³/mol. The van der Waals surface area contributed by atoms with Gasteiger partial charge in [0.05, 0.1) is 12.3 Å². The molecule has 2 heterocycles. The molecule has 120 valence electrons. The highest BCUT2D eigenvalue weighted by Gasteiger charge is 2.35. The number of hydrogen-bond acceptors (Lipinski definition) is 4. The molecule has 0 amide bonds. The van der Waals surface area contributed by atoms with Crippen LogP contribution in [0, 0.1) is 5.92 Å². The summed E-state index contributed by atoms with van der Waals surface area (Å²) in [5.74, 6) is -3.12. The van der Waals surface area contributed by atoms with Crippen molar-refractivity contribution in [1.82, 2.24) is 4.57 Å². The molecular formula is C16H15ClN2O4. The van der Waals surface area contributed by atoms with Gasteiger partial charge in [0.25, 0.3) is 0 Å². The fourth-order valence-corrected chi connectivity index (χ4v) is 2.98. The van der Waals surface area contributed by atoms with Crippen molar-refractivity contribution < 1.29 is 19.4 Å². The van der Waals surface area contributed by atoms with Crippen molar-refractivity contribution in [2.75, 3.05) is 13.3 Å². The van der Waals surface area contributed by atoms with E-state index in [9.17, 15) is 9.59 Å². The molecule has 0 bridgehead atoms. The minimum Gasteiger partial charge on any atom is -0.481 e. The molecule has 23 heavy (non-hydrogen) atoms. The number of benzene rings is 1. The van der Waals surface area contributed by atoms with Crippen LogP contribution in [0.15, 0.2) is 35.5 Å². The number of alkyl halides is 1. The van der Waals surface area contributed by atoms with E-state index in [1.54, 1.807) is 0 Å². The van der Waals surface area contributed by atoms with E-state index in [0.29, 0.717) is 11.3 Å². The minimum atomic E-state index is -1.27. The number of carbonyl (C=O) groups excluding carboxylic acids is 1.